The molecule has 3 rings (SSSR count). The molecule has 0 unspecified atom stereocenters. The topological polar surface area (TPSA) is 75.4 Å². The van der Waals surface area contributed by atoms with Gasteiger partial charge in [-0.05, 0) is 51.9 Å². The molecule has 0 radical (unpaired) electrons. The van der Waals surface area contributed by atoms with Crippen LogP contribution in [-0.2, 0) is 4.79 Å². The van der Waals surface area contributed by atoms with Gasteiger partial charge >= 0.3 is 0 Å². The largest absolute Gasteiger partial charge is 0.368 e. The molecule has 2 aliphatic heterocycles. The van der Waals surface area contributed by atoms with Crippen LogP contribution in [0, 0.1) is 5.41 Å². The van der Waals surface area contributed by atoms with E-state index < -0.39 is 0 Å². The maximum absolute atomic E-state index is 12.9. The van der Waals surface area contributed by atoms with Crippen molar-refractivity contribution in [2.45, 2.75) is 38.5 Å². The van der Waals surface area contributed by atoms with Crippen LogP contribution < -0.4 is 5.73 Å². The minimum Gasteiger partial charge on any atom is -0.368 e. The number of nitrogens with zero attached hydrogens (tertiary/aromatic N) is 4. The number of carbonyl (C=O) groups excluding carboxylic acids is 1. The zero-order valence-corrected chi connectivity index (χ0v) is 14.2. The summed E-state index contributed by atoms with van der Waals surface area (Å²) >= 11 is 0. The standard InChI is InChI=1S/C17H27N5O/c1-17(6-11-21(2)12-7-17)15(23)22-9-4-13(5-10-22)14-3-8-19-16(18)20-14/h3,8,13H,4-7,9-12H2,1-2H3,(H2,18,19,20). The maximum atomic E-state index is 12.9. The molecular weight excluding hydrogens is 290 g/mol. The van der Waals surface area contributed by atoms with Gasteiger partial charge in [0.1, 0.15) is 0 Å². The van der Waals surface area contributed by atoms with Gasteiger partial charge in [-0.1, -0.05) is 6.92 Å². The van der Waals surface area contributed by atoms with Crippen molar-refractivity contribution in [2.75, 3.05) is 39.0 Å². The van der Waals surface area contributed by atoms with Gasteiger partial charge in [-0.3, -0.25) is 4.79 Å². The summed E-state index contributed by atoms with van der Waals surface area (Å²) in [4.78, 5) is 25.6. The Balaban J connectivity index is 1.59. The van der Waals surface area contributed by atoms with Gasteiger partial charge in [0.15, 0.2) is 0 Å². The average Bonchev–Trinajstić information content (AvgIpc) is 2.57. The highest BCUT2D eigenvalue weighted by Crippen LogP contribution is 2.35. The molecule has 0 aliphatic carbocycles. The fraction of sp³-hybridized carbons (Fsp3) is 0.706. The molecule has 2 aliphatic rings. The first-order valence-electron chi connectivity index (χ1n) is 8.54. The molecule has 0 aromatic carbocycles. The van der Waals surface area contributed by atoms with E-state index in [1.54, 1.807) is 6.20 Å². The van der Waals surface area contributed by atoms with E-state index in [2.05, 4.69) is 33.7 Å². The van der Waals surface area contributed by atoms with Gasteiger partial charge in [-0.2, -0.15) is 0 Å². The summed E-state index contributed by atoms with van der Waals surface area (Å²) in [5.74, 6) is 1.06. The predicted octanol–water partition coefficient (Wildman–Crippen LogP) is 1.50. The molecule has 1 aromatic heterocycles. The van der Waals surface area contributed by atoms with Crippen LogP contribution in [0.1, 0.15) is 44.2 Å². The fourth-order valence-corrected chi connectivity index (χ4v) is 3.70. The number of nitrogens with two attached hydrogens (primary N) is 1. The van der Waals surface area contributed by atoms with E-state index in [9.17, 15) is 4.79 Å². The molecule has 0 atom stereocenters. The minimum absolute atomic E-state index is 0.182. The summed E-state index contributed by atoms with van der Waals surface area (Å²) in [5.41, 5.74) is 6.50. The van der Waals surface area contributed by atoms with Gasteiger partial charge in [0.25, 0.3) is 0 Å². The third kappa shape index (κ3) is 3.47. The lowest BCUT2D eigenvalue weighted by Crippen LogP contribution is -2.50. The number of carbonyl (C=O) groups is 1. The number of amides is 1. The Morgan fingerprint density at radius 2 is 1.91 bits per heavy atom. The Bertz CT molecular complexity index is 560. The van der Waals surface area contributed by atoms with Crippen molar-refractivity contribution in [1.82, 2.24) is 19.8 Å². The monoisotopic (exact) mass is 317 g/mol. The van der Waals surface area contributed by atoms with Gasteiger partial charge in [-0.15, -0.1) is 0 Å². The number of anilines is 1. The van der Waals surface area contributed by atoms with Crippen molar-refractivity contribution < 1.29 is 4.79 Å². The lowest BCUT2D eigenvalue weighted by atomic mass is 9.78. The zero-order valence-electron chi connectivity index (χ0n) is 14.2. The first-order chi connectivity index (χ1) is 11.0. The van der Waals surface area contributed by atoms with Gasteiger partial charge in [0, 0.05) is 36.3 Å². The number of rotatable bonds is 2. The van der Waals surface area contributed by atoms with Crippen molar-refractivity contribution in [3.8, 4) is 0 Å². The van der Waals surface area contributed by atoms with E-state index in [0.717, 1.165) is 57.6 Å². The average molecular weight is 317 g/mol. The van der Waals surface area contributed by atoms with Crippen LogP contribution in [0.2, 0.25) is 0 Å². The number of nitrogen functional groups attached to an aromatic ring is 1. The molecule has 1 amide bonds. The molecule has 6 nitrogen and oxygen atoms in total. The number of hydrogen-bond acceptors (Lipinski definition) is 5. The normalized spacial score (nSPS) is 23.0. The van der Waals surface area contributed by atoms with E-state index in [0.29, 0.717) is 17.8 Å². The smallest absolute Gasteiger partial charge is 0.228 e. The Hall–Kier alpha value is -1.69. The van der Waals surface area contributed by atoms with E-state index in [1.165, 1.54) is 0 Å². The Morgan fingerprint density at radius 1 is 1.26 bits per heavy atom. The summed E-state index contributed by atoms with van der Waals surface area (Å²) in [6.45, 7) is 5.80. The second kappa shape index (κ2) is 6.43. The summed E-state index contributed by atoms with van der Waals surface area (Å²) in [6, 6.07) is 1.94. The van der Waals surface area contributed by atoms with Crippen molar-refractivity contribution >= 4 is 11.9 Å². The number of likely N-dealkylation sites (tertiary alicyclic amines) is 2. The van der Waals surface area contributed by atoms with Crippen LogP contribution in [0.5, 0.6) is 0 Å². The van der Waals surface area contributed by atoms with Gasteiger partial charge in [0.05, 0.1) is 0 Å². The molecule has 0 bridgehead atoms. The molecule has 6 heteroatoms. The molecule has 3 heterocycles. The summed E-state index contributed by atoms with van der Waals surface area (Å²) in [6.07, 6.45) is 5.56. The van der Waals surface area contributed by atoms with Crippen molar-refractivity contribution in [3.05, 3.63) is 18.0 Å². The van der Waals surface area contributed by atoms with Crippen LogP contribution >= 0.6 is 0 Å². The first kappa shape index (κ1) is 16.2. The highest BCUT2D eigenvalue weighted by Gasteiger charge is 2.39. The number of aromatic nitrogens is 2. The van der Waals surface area contributed by atoms with Gasteiger partial charge in [0.2, 0.25) is 11.9 Å². The molecule has 2 N–H and O–H groups in total. The van der Waals surface area contributed by atoms with E-state index in [1.807, 2.05) is 6.07 Å². The third-order valence-electron chi connectivity index (χ3n) is 5.50. The Labute approximate surface area is 138 Å². The maximum Gasteiger partial charge on any atom is 0.228 e. The summed E-state index contributed by atoms with van der Waals surface area (Å²) in [5, 5.41) is 0. The van der Waals surface area contributed by atoms with Crippen molar-refractivity contribution in [3.63, 3.8) is 0 Å². The van der Waals surface area contributed by atoms with Crippen LogP contribution in [0.15, 0.2) is 12.3 Å². The van der Waals surface area contributed by atoms with E-state index in [4.69, 9.17) is 5.73 Å². The summed E-state index contributed by atoms with van der Waals surface area (Å²) in [7, 11) is 2.13. The summed E-state index contributed by atoms with van der Waals surface area (Å²) < 4.78 is 0. The van der Waals surface area contributed by atoms with Crippen LogP contribution in [0.3, 0.4) is 0 Å². The predicted molar refractivity (Wildman–Crippen MR) is 89.8 cm³/mol. The Kier molecular flexibility index (Phi) is 4.53. The SMILES string of the molecule is CN1CCC(C)(C(=O)N2CCC(c3ccnc(N)n3)CC2)CC1. The molecule has 126 valence electrons. The first-order valence-corrected chi connectivity index (χ1v) is 8.54. The van der Waals surface area contributed by atoms with Crippen LogP contribution in [0.25, 0.3) is 0 Å². The van der Waals surface area contributed by atoms with E-state index in [-0.39, 0.29) is 5.41 Å². The molecule has 1 aromatic rings. The molecule has 23 heavy (non-hydrogen) atoms. The molecule has 0 saturated carbocycles. The second-order valence-corrected chi connectivity index (χ2v) is 7.27. The highest BCUT2D eigenvalue weighted by molar-refractivity contribution is 5.82. The van der Waals surface area contributed by atoms with Crippen LogP contribution in [-0.4, -0.2) is 58.9 Å². The Morgan fingerprint density at radius 3 is 2.52 bits per heavy atom. The lowest BCUT2D eigenvalue weighted by Gasteiger charge is -2.42. The molecule has 2 fully saturated rings. The molecule has 2 saturated heterocycles. The van der Waals surface area contributed by atoms with Gasteiger partial charge < -0.3 is 15.5 Å². The second-order valence-electron chi connectivity index (χ2n) is 7.27. The van der Waals surface area contributed by atoms with Gasteiger partial charge in [-0.25, -0.2) is 9.97 Å². The van der Waals surface area contributed by atoms with Crippen molar-refractivity contribution in [1.29, 1.82) is 0 Å². The van der Waals surface area contributed by atoms with E-state index >= 15 is 0 Å². The lowest BCUT2D eigenvalue weighted by molar-refractivity contribution is -0.145. The third-order valence-corrected chi connectivity index (χ3v) is 5.50. The van der Waals surface area contributed by atoms with Crippen LogP contribution in [0.4, 0.5) is 5.95 Å². The number of piperidine rings is 2. The van der Waals surface area contributed by atoms with Crippen molar-refractivity contribution in [2.24, 2.45) is 5.41 Å². The fourth-order valence-electron chi connectivity index (χ4n) is 3.70. The molecular formula is C17H27N5O. The quantitative estimate of drug-likeness (QED) is 0.894. The number of hydrogen-bond donors (Lipinski definition) is 1. The molecule has 0 spiro atoms. The minimum atomic E-state index is -0.182. The highest BCUT2D eigenvalue weighted by atomic mass is 16.2. The zero-order chi connectivity index (χ0) is 16.4.